The van der Waals surface area contributed by atoms with Crippen LogP contribution in [0.5, 0.6) is 0 Å². The fraction of sp³-hybridized carbons (Fsp3) is 0.389. The maximum Gasteiger partial charge on any atom is 0.243 e. The zero-order chi connectivity index (χ0) is 18.8. The van der Waals surface area contributed by atoms with Crippen molar-refractivity contribution in [2.24, 2.45) is 5.73 Å². The van der Waals surface area contributed by atoms with Crippen molar-refractivity contribution in [1.29, 1.82) is 0 Å². The van der Waals surface area contributed by atoms with Gasteiger partial charge in [0.2, 0.25) is 17.7 Å². The summed E-state index contributed by atoms with van der Waals surface area (Å²) in [7, 11) is 0. The minimum Gasteiger partial charge on any atom is -0.368 e. The second-order valence-electron chi connectivity index (χ2n) is 5.65. The summed E-state index contributed by atoms with van der Waals surface area (Å²) in [6.07, 6.45) is 6.53. The number of unbranched alkanes of at least 4 members (excludes halogenated alkanes) is 1. The van der Waals surface area contributed by atoms with E-state index in [-0.39, 0.29) is 6.42 Å². The van der Waals surface area contributed by atoms with Crippen LogP contribution in [0.25, 0.3) is 0 Å². The fourth-order valence-corrected chi connectivity index (χ4v) is 2.32. The van der Waals surface area contributed by atoms with Gasteiger partial charge in [-0.3, -0.25) is 14.4 Å². The van der Waals surface area contributed by atoms with Gasteiger partial charge in [-0.25, -0.2) is 4.39 Å². The van der Waals surface area contributed by atoms with Gasteiger partial charge in [-0.05, 0) is 30.5 Å². The largest absolute Gasteiger partial charge is 0.368 e. The number of amides is 3. The summed E-state index contributed by atoms with van der Waals surface area (Å²) < 4.78 is 13.3. The van der Waals surface area contributed by atoms with Crippen molar-refractivity contribution in [1.82, 2.24) is 10.6 Å². The molecule has 0 heterocycles. The van der Waals surface area contributed by atoms with E-state index in [2.05, 4.69) is 16.6 Å². The van der Waals surface area contributed by atoms with E-state index in [0.29, 0.717) is 24.8 Å². The Morgan fingerprint density at radius 3 is 2.56 bits per heavy atom. The minimum atomic E-state index is -0.950. The third-order valence-electron chi connectivity index (χ3n) is 3.50. The average molecular weight is 347 g/mol. The first-order valence-corrected chi connectivity index (χ1v) is 7.88. The Kier molecular flexibility index (Phi) is 8.13. The molecule has 25 heavy (non-hydrogen) atoms. The van der Waals surface area contributed by atoms with E-state index < -0.39 is 35.6 Å². The number of carbonyl (C=O) groups is 3. The summed E-state index contributed by atoms with van der Waals surface area (Å²) >= 11 is 0. The molecule has 0 aliphatic rings. The highest BCUT2D eigenvalue weighted by molar-refractivity contribution is 5.91. The zero-order valence-electron chi connectivity index (χ0n) is 14.0. The molecule has 134 valence electrons. The molecule has 1 rings (SSSR count). The molecule has 0 aliphatic heterocycles. The molecule has 3 amide bonds. The zero-order valence-corrected chi connectivity index (χ0v) is 14.0. The van der Waals surface area contributed by atoms with Gasteiger partial charge in [-0.1, -0.05) is 12.1 Å². The Labute approximate surface area is 146 Å². The van der Waals surface area contributed by atoms with Crippen LogP contribution in [0.2, 0.25) is 0 Å². The number of rotatable bonds is 9. The first-order chi connectivity index (χ1) is 11.8. The Hall–Kier alpha value is -2.88. The number of hydrogen-bond donors (Lipinski definition) is 3. The average Bonchev–Trinajstić information content (AvgIpc) is 2.52. The third-order valence-corrected chi connectivity index (χ3v) is 3.50. The number of nitrogens with one attached hydrogen (secondary N) is 2. The van der Waals surface area contributed by atoms with E-state index >= 15 is 0 Å². The normalized spacial score (nSPS) is 12.5. The fourth-order valence-electron chi connectivity index (χ4n) is 2.32. The lowest BCUT2D eigenvalue weighted by Gasteiger charge is -2.21. The second kappa shape index (κ2) is 10.1. The van der Waals surface area contributed by atoms with Gasteiger partial charge < -0.3 is 16.4 Å². The predicted octanol–water partition coefficient (Wildman–Crippen LogP) is 0.647. The summed E-state index contributed by atoms with van der Waals surface area (Å²) in [5.74, 6) is 0.338. The number of primary amides is 1. The Balaban J connectivity index is 2.82. The number of hydrogen-bond acceptors (Lipinski definition) is 3. The summed E-state index contributed by atoms with van der Waals surface area (Å²) in [5.41, 5.74) is 5.84. The van der Waals surface area contributed by atoms with Crippen LogP contribution in [-0.4, -0.2) is 29.8 Å². The Morgan fingerprint density at radius 2 is 2.00 bits per heavy atom. The van der Waals surface area contributed by atoms with Crippen LogP contribution in [0.1, 0.15) is 31.7 Å². The number of benzene rings is 1. The van der Waals surface area contributed by atoms with Crippen molar-refractivity contribution in [3.8, 4) is 12.3 Å². The topological polar surface area (TPSA) is 101 Å². The van der Waals surface area contributed by atoms with E-state index in [1.807, 2.05) is 0 Å². The van der Waals surface area contributed by atoms with Gasteiger partial charge in [0.05, 0.1) is 0 Å². The van der Waals surface area contributed by atoms with Gasteiger partial charge in [0.15, 0.2) is 0 Å². The molecule has 0 unspecified atom stereocenters. The summed E-state index contributed by atoms with van der Waals surface area (Å²) in [4.78, 5) is 35.3. The summed E-state index contributed by atoms with van der Waals surface area (Å²) in [6.45, 7) is 1.27. The predicted molar refractivity (Wildman–Crippen MR) is 91.5 cm³/mol. The Bertz CT molecular complexity index is 670. The molecule has 2 atom stereocenters. The van der Waals surface area contributed by atoms with E-state index in [9.17, 15) is 18.8 Å². The molecule has 0 saturated carbocycles. The van der Waals surface area contributed by atoms with Crippen LogP contribution in [0.4, 0.5) is 4.39 Å². The highest BCUT2D eigenvalue weighted by Gasteiger charge is 2.25. The quantitative estimate of drug-likeness (QED) is 0.451. The summed E-state index contributed by atoms with van der Waals surface area (Å²) in [6, 6.07) is 3.88. The standard InChI is InChI=1S/C18H22FN3O3/c1-3-4-5-9-15(17(20)24)22-18(25)16(21-12(2)23)11-13-7-6-8-14(19)10-13/h1,6-8,10,15-16H,4-5,9,11H2,2H3,(H2,20,24)(H,21,23)(H,22,25)/t15-,16-/m1/s1. The third kappa shape index (κ3) is 7.48. The van der Waals surface area contributed by atoms with Crippen LogP contribution in [0.3, 0.4) is 0 Å². The molecule has 0 bridgehead atoms. The van der Waals surface area contributed by atoms with Gasteiger partial charge in [0.1, 0.15) is 17.9 Å². The maximum atomic E-state index is 13.3. The van der Waals surface area contributed by atoms with Crippen molar-refractivity contribution in [2.75, 3.05) is 0 Å². The molecule has 0 aromatic heterocycles. The van der Waals surface area contributed by atoms with Gasteiger partial charge in [0.25, 0.3) is 0 Å². The number of halogens is 1. The smallest absolute Gasteiger partial charge is 0.243 e. The lowest BCUT2D eigenvalue weighted by Crippen LogP contribution is -2.53. The van der Waals surface area contributed by atoms with Crippen molar-refractivity contribution >= 4 is 17.7 Å². The molecule has 7 heteroatoms. The molecule has 0 spiro atoms. The van der Waals surface area contributed by atoms with Crippen LogP contribution < -0.4 is 16.4 Å². The van der Waals surface area contributed by atoms with Crippen molar-refractivity contribution < 1.29 is 18.8 Å². The SMILES string of the molecule is C#CCCC[C@@H](NC(=O)[C@@H](Cc1cccc(F)c1)NC(C)=O)C(N)=O. The van der Waals surface area contributed by atoms with Gasteiger partial charge in [0, 0.05) is 19.8 Å². The second-order valence-corrected chi connectivity index (χ2v) is 5.65. The van der Waals surface area contributed by atoms with Crippen molar-refractivity contribution in [2.45, 2.75) is 44.7 Å². The van der Waals surface area contributed by atoms with E-state index in [1.54, 1.807) is 6.07 Å². The molecule has 0 radical (unpaired) electrons. The van der Waals surface area contributed by atoms with E-state index in [1.165, 1.54) is 25.1 Å². The van der Waals surface area contributed by atoms with Gasteiger partial charge in [-0.2, -0.15) is 0 Å². The molecule has 0 saturated heterocycles. The lowest BCUT2D eigenvalue weighted by molar-refractivity contribution is -0.130. The van der Waals surface area contributed by atoms with Gasteiger partial charge in [-0.15, -0.1) is 12.3 Å². The molecule has 0 fully saturated rings. The first-order valence-electron chi connectivity index (χ1n) is 7.88. The van der Waals surface area contributed by atoms with Gasteiger partial charge >= 0.3 is 0 Å². The van der Waals surface area contributed by atoms with Crippen molar-refractivity contribution in [3.05, 3.63) is 35.6 Å². The lowest BCUT2D eigenvalue weighted by atomic mass is 10.0. The van der Waals surface area contributed by atoms with Crippen molar-refractivity contribution in [3.63, 3.8) is 0 Å². The van der Waals surface area contributed by atoms with Crippen LogP contribution in [0, 0.1) is 18.2 Å². The van der Waals surface area contributed by atoms with Crippen LogP contribution >= 0.6 is 0 Å². The molecule has 1 aromatic carbocycles. The van der Waals surface area contributed by atoms with E-state index in [4.69, 9.17) is 12.2 Å². The number of carbonyl (C=O) groups excluding carboxylic acids is 3. The molecular formula is C18H22FN3O3. The molecule has 4 N–H and O–H groups in total. The molecule has 1 aromatic rings. The highest BCUT2D eigenvalue weighted by Crippen LogP contribution is 2.08. The minimum absolute atomic E-state index is 0.0824. The monoisotopic (exact) mass is 347 g/mol. The molecule has 0 aliphatic carbocycles. The number of nitrogens with two attached hydrogens (primary N) is 1. The van der Waals surface area contributed by atoms with E-state index in [0.717, 1.165) is 0 Å². The van der Waals surface area contributed by atoms with Crippen LogP contribution in [-0.2, 0) is 20.8 Å². The molecule has 6 nitrogen and oxygen atoms in total. The van der Waals surface area contributed by atoms with Crippen LogP contribution in [0.15, 0.2) is 24.3 Å². The summed E-state index contributed by atoms with van der Waals surface area (Å²) in [5, 5.41) is 5.03. The maximum absolute atomic E-state index is 13.3. The Morgan fingerprint density at radius 1 is 1.28 bits per heavy atom. The first kappa shape index (κ1) is 20.2. The molecular weight excluding hydrogens is 325 g/mol. The highest BCUT2D eigenvalue weighted by atomic mass is 19.1. The number of terminal acetylenes is 1.